The summed E-state index contributed by atoms with van der Waals surface area (Å²) in [4.78, 5) is 58.9. The first-order chi connectivity index (χ1) is 34.2. The lowest BCUT2D eigenvalue weighted by atomic mass is 9.47. The summed E-state index contributed by atoms with van der Waals surface area (Å²) < 4.78 is 18.0. The number of carbonyl (C=O) groups is 3. The van der Waals surface area contributed by atoms with Crippen LogP contribution in [-0.4, -0.2) is 149 Å². The summed E-state index contributed by atoms with van der Waals surface area (Å²) in [5, 5.41) is 44.0. The summed E-state index contributed by atoms with van der Waals surface area (Å²) in [6.45, 7) is 8.93. The number of carbonyl (C=O) groups excluding carboxylic acids is 3. The van der Waals surface area contributed by atoms with Crippen LogP contribution in [0.3, 0.4) is 0 Å². The maximum atomic E-state index is 15.7. The van der Waals surface area contributed by atoms with Gasteiger partial charge in [0.15, 0.2) is 5.60 Å². The minimum atomic E-state index is -2.50. The summed E-state index contributed by atoms with van der Waals surface area (Å²) in [6, 6.07) is 17.2. The molecule has 3 aromatic carbocycles. The van der Waals surface area contributed by atoms with Crippen LogP contribution in [0.2, 0.25) is 0 Å². The number of hydrogen-bond donors (Lipinski definition) is 6. The van der Waals surface area contributed by atoms with Crippen LogP contribution in [0.25, 0.3) is 21.8 Å². The van der Waals surface area contributed by atoms with E-state index >= 15 is 9.59 Å². The number of H-pyrrole nitrogens is 2. The molecule has 1 spiro atoms. The number of aromatic nitrogens is 2. The summed E-state index contributed by atoms with van der Waals surface area (Å²) in [7, 11) is 4.88. The van der Waals surface area contributed by atoms with Gasteiger partial charge in [0.2, 0.25) is 0 Å². The fourth-order valence-electron chi connectivity index (χ4n) is 15.3. The Balaban J connectivity index is 1.12. The number of methoxy groups -OCH3 is 2. The van der Waals surface area contributed by atoms with E-state index in [0.29, 0.717) is 88.2 Å². The number of rotatable bonds is 11. The Kier molecular flexibility index (Phi) is 11.5. The lowest BCUT2D eigenvalue weighted by molar-refractivity contribution is -0.204. The van der Waals surface area contributed by atoms with Crippen molar-refractivity contribution in [3.05, 3.63) is 107 Å². The molecule has 15 heteroatoms. The molecular formula is C56H68N6O9. The predicted octanol–water partition coefficient (Wildman–Crippen LogP) is 5.02. The van der Waals surface area contributed by atoms with Gasteiger partial charge in [0.1, 0.15) is 23.3 Å². The number of fused-ring (bicyclic) bond motifs is 7. The molecule has 71 heavy (non-hydrogen) atoms. The van der Waals surface area contributed by atoms with Crippen molar-refractivity contribution in [2.45, 2.75) is 112 Å². The number of nitrogens with zero attached hydrogens (tertiary/aromatic N) is 3. The van der Waals surface area contributed by atoms with Crippen molar-refractivity contribution in [3.8, 4) is 5.75 Å². The second-order valence-corrected chi connectivity index (χ2v) is 21.5. The largest absolute Gasteiger partial charge is 0.496 e. The molecule has 2 unspecified atom stereocenters. The van der Waals surface area contributed by atoms with Crippen molar-refractivity contribution in [2.75, 3.05) is 65.5 Å². The number of aliphatic hydroxyl groups is 3. The second-order valence-electron chi connectivity index (χ2n) is 21.5. The Morgan fingerprint density at radius 1 is 0.930 bits per heavy atom. The molecule has 376 valence electrons. The Morgan fingerprint density at radius 2 is 1.69 bits per heavy atom. The van der Waals surface area contributed by atoms with Gasteiger partial charge in [-0.15, -0.1) is 0 Å². The Morgan fingerprint density at radius 3 is 2.42 bits per heavy atom. The third kappa shape index (κ3) is 6.68. The minimum Gasteiger partial charge on any atom is -0.496 e. The number of nitrogens with one attached hydrogen (secondary N) is 3. The highest BCUT2D eigenvalue weighted by molar-refractivity contribution is 5.96. The molecule has 6 aliphatic rings. The van der Waals surface area contributed by atoms with E-state index in [2.05, 4.69) is 37.2 Å². The molecule has 7 heterocycles. The van der Waals surface area contributed by atoms with Crippen molar-refractivity contribution in [1.29, 1.82) is 0 Å². The van der Waals surface area contributed by atoms with Gasteiger partial charge < -0.3 is 49.7 Å². The van der Waals surface area contributed by atoms with Crippen LogP contribution in [0.5, 0.6) is 5.75 Å². The predicted molar refractivity (Wildman–Crippen MR) is 269 cm³/mol. The third-order valence-corrected chi connectivity index (χ3v) is 18.2. The molecule has 0 radical (unpaired) electrons. The molecule has 2 aromatic heterocycles. The summed E-state index contributed by atoms with van der Waals surface area (Å²) >= 11 is 0. The van der Waals surface area contributed by atoms with Gasteiger partial charge in [-0.1, -0.05) is 62.4 Å². The van der Waals surface area contributed by atoms with E-state index < -0.39 is 63.5 Å². The molecule has 2 saturated heterocycles. The number of aliphatic hydroxyl groups excluding tert-OH is 1. The number of piperidine rings is 1. The van der Waals surface area contributed by atoms with Crippen LogP contribution >= 0.6 is 0 Å². The van der Waals surface area contributed by atoms with Gasteiger partial charge in [-0.05, 0) is 92.8 Å². The summed E-state index contributed by atoms with van der Waals surface area (Å²) in [5.41, 5.74) is -0.692. The molecule has 6 N–H and O–H groups in total. The zero-order chi connectivity index (χ0) is 49.8. The first kappa shape index (κ1) is 47.6. The van der Waals surface area contributed by atoms with Crippen LogP contribution in [0.4, 0.5) is 5.69 Å². The van der Waals surface area contributed by atoms with E-state index in [4.69, 9.17) is 14.2 Å². The molecule has 1 saturated carbocycles. The van der Waals surface area contributed by atoms with E-state index in [1.165, 1.54) is 7.11 Å². The van der Waals surface area contributed by atoms with Crippen molar-refractivity contribution >= 4 is 45.3 Å². The molecular weight excluding hydrogens is 901 g/mol. The number of amides is 1. The highest BCUT2D eigenvalue weighted by Gasteiger charge is 2.79. The number of benzene rings is 3. The lowest BCUT2D eigenvalue weighted by Crippen LogP contribution is -2.82. The molecule has 15 nitrogen and oxygen atoms in total. The molecule has 11 rings (SSSR count). The van der Waals surface area contributed by atoms with Crippen LogP contribution in [0.15, 0.2) is 79.0 Å². The summed E-state index contributed by atoms with van der Waals surface area (Å²) in [6.07, 6.45) is 7.17. The van der Waals surface area contributed by atoms with E-state index in [-0.39, 0.29) is 25.0 Å². The Bertz CT molecular complexity index is 2970. The fraction of sp³-hybridized carbons (Fsp3) is 0.518. The molecule has 1 amide bonds. The second kappa shape index (κ2) is 17.2. The van der Waals surface area contributed by atoms with E-state index in [0.717, 1.165) is 44.2 Å². The molecule has 5 aromatic rings. The van der Waals surface area contributed by atoms with Gasteiger partial charge in [0.25, 0.3) is 5.91 Å². The number of para-hydroxylation sites is 2. The maximum absolute atomic E-state index is 15.7. The molecule has 5 aliphatic heterocycles. The van der Waals surface area contributed by atoms with Crippen LogP contribution in [-0.2, 0) is 47.5 Å². The van der Waals surface area contributed by atoms with Gasteiger partial charge in [0.05, 0.1) is 32.5 Å². The van der Waals surface area contributed by atoms with Crippen LogP contribution < -0.4 is 15.0 Å². The molecule has 2 bridgehead atoms. The smallest absolute Gasteiger partial charge is 0.328 e. The van der Waals surface area contributed by atoms with Crippen molar-refractivity contribution in [2.24, 2.45) is 11.3 Å². The minimum absolute atomic E-state index is 0.0716. The lowest BCUT2D eigenvalue weighted by Gasteiger charge is -2.63. The quantitative estimate of drug-likeness (QED) is 0.0767. The number of likely N-dealkylation sites (N-methyl/N-ethyl adjacent to an activating group) is 1. The monoisotopic (exact) mass is 969 g/mol. The number of anilines is 1. The van der Waals surface area contributed by atoms with Crippen LogP contribution in [0, 0.1) is 11.3 Å². The number of esters is 2. The number of aromatic amines is 2. The SMILES string of the molecule is CCOC(=O)C(Cc1c[nH]c2ccccc12)NC(=O)[C@@]1(O)[C@H](O)[C@]2(CC)C=CCN3CC[C@@]4(c5cc([C@@]6(C(=O)OC)C[C@@H]7CN(CCc8c6[nH]c6ccccc86)C[C@](O)(CC)C7)c(OC)cc5N(C)[C@@H]14)[C@@H]32. The maximum Gasteiger partial charge on any atom is 0.328 e. The van der Waals surface area contributed by atoms with Gasteiger partial charge in [-0.25, -0.2) is 4.79 Å². The van der Waals surface area contributed by atoms with Gasteiger partial charge in [-0.3, -0.25) is 19.4 Å². The first-order valence-electron chi connectivity index (χ1n) is 25.6. The third-order valence-electron chi connectivity index (χ3n) is 18.2. The van der Waals surface area contributed by atoms with Crippen LogP contribution in [0.1, 0.15) is 80.8 Å². The van der Waals surface area contributed by atoms with Gasteiger partial charge in [0, 0.05) is 108 Å². The average Bonchev–Trinajstić information content (AvgIpc) is 4.15. The molecule has 3 fully saturated rings. The highest BCUT2D eigenvalue weighted by atomic mass is 16.5. The summed E-state index contributed by atoms with van der Waals surface area (Å²) in [5.74, 6) is -1.70. The van der Waals surface area contributed by atoms with E-state index in [9.17, 15) is 20.1 Å². The Labute approximate surface area is 414 Å². The normalized spacial score (nSPS) is 33.3. The van der Waals surface area contributed by atoms with Gasteiger partial charge >= 0.3 is 11.9 Å². The average molecular weight is 969 g/mol. The zero-order valence-electron chi connectivity index (χ0n) is 41.7. The fourth-order valence-corrected chi connectivity index (χ4v) is 15.3. The van der Waals surface area contributed by atoms with Gasteiger partial charge in [-0.2, -0.15) is 0 Å². The van der Waals surface area contributed by atoms with Crippen molar-refractivity contribution < 1.29 is 43.9 Å². The van der Waals surface area contributed by atoms with Crippen molar-refractivity contribution in [3.63, 3.8) is 0 Å². The Hall–Kier alpha value is -5.71. The first-order valence-corrected chi connectivity index (χ1v) is 25.6. The molecule has 11 atom stereocenters. The topological polar surface area (TPSA) is 193 Å². The standard InChI is InChI=1S/C56H68N6O9/c1-7-52(67)28-33-29-55(51(66)70-6,45-37(19-23-61(31-33)32-52)36-16-11-13-18-41(36)58-45)39-26-38-43(27-44(39)69-5)60(4)48-54(38)21-24-62-22-14-20-53(8-2,47(54)62)49(64)56(48,68)50(65)59-42(46(63)71-9-3)25-34-30-57-40-17-12-10-15-35(34)40/h10-18,20,26-27,30,33,42,47-49,57-58,64,67-68H,7-9,19,21-25,28-29,31-32H2,1-6H3,(H,59,65)/t33-,42?,47+,48-,49-,52+,53-,54-,55+,56+/m1/s1. The van der Waals surface area contributed by atoms with E-state index in [1.54, 1.807) is 14.0 Å². The zero-order valence-corrected chi connectivity index (χ0v) is 41.7. The number of hydrogen-bond acceptors (Lipinski definition) is 12. The molecule has 1 aliphatic carbocycles. The van der Waals surface area contributed by atoms with Crippen molar-refractivity contribution in [1.82, 2.24) is 25.1 Å². The highest BCUT2D eigenvalue weighted by Crippen LogP contribution is 2.67. The van der Waals surface area contributed by atoms with E-state index in [1.807, 2.05) is 92.7 Å². The number of ether oxygens (including phenoxy) is 3.